The molecule has 0 radical (unpaired) electrons. The van der Waals surface area contributed by atoms with Gasteiger partial charge in [0.25, 0.3) is 0 Å². The molecule has 0 saturated heterocycles. The van der Waals surface area contributed by atoms with Crippen LogP contribution in [0.15, 0.2) is 42.6 Å². The van der Waals surface area contributed by atoms with Gasteiger partial charge in [0.1, 0.15) is 22.2 Å². The lowest BCUT2D eigenvalue weighted by Gasteiger charge is -2.09. The second-order valence-corrected chi connectivity index (χ2v) is 5.28. The number of halogens is 1. The SMILES string of the molecule is Nc1nc(Cl)cc(NCCCOc2cccc3cccnc23)n1. The number of nitrogens with two attached hydrogens (primary N) is 1. The highest BCUT2D eigenvalue weighted by atomic mass is 35.5. The number of benzene rings is 1. The van der Waals surface area contributed by atoms with Crippen LogP contribution in [0.4, 0.5) is 11.8 Å². The minimum absolute atomic E-state index is 0.151. The van der Waals surface area contributed by atoms with Crippen LogP contribution >= 0.6 is 11.6 Å². The molecule has 0 aliphatic rings. The monoisotopic (exact) mass is 329 g/mol. The molecule has 0 unspecified atom stereocenters. The van der Waals surface area contributed by atoms with Crippen LogP contribution in [-0.4, -0.2) is 28.1 Å². The Labute approximate surface area is 138 Å². The predicted octanol–water partition coefficient (Wildman–Crippen LogP) is 3.14. The van der Waals surface area contributed by atoms with Gasteiger partial charge in [-0.3, -0.25) is 4.98 Å². The van der Waals surface area contributed by atoms with Crippen LogP contribution in [0.5, 0.6) is 5.75 Å². The second-order valence-electron chi connectivity index (χ2n) is 4.89. The molecule has 0 bridgehead atoms. The molecular weight excluding hydrogens is 314 g/mol. The van der Waals surface area contributed by atoms with E-state index in [9.17, 15) is 0 Å². The van der Waals surface area contributed by atoms with Gasteiger partial charge in [0.15, 0.2) is 0 Å². The summed E-state index contributed by atoms with van der Waals surface area (Å²) in [5, 5.41) is 4.52. The summed E-state index contributed by atoms with van der Waals surface area (Å²) in [6.45, 7) is 1.25. The third kappa shape index (κ3) is 3.98. The van der Waals surface area contributed by atoms with Gasteiger partial charge in [0, 0.05) is 24.2 Å². The molecule has 2 heterocycles. The number of anilines is 2. The third-order valence-corrected chi connectivity index (χ3v) is 3.39. The number of nitrogen functional groups attached to an aromatic ring is 1. The number of nitrogens with zero attached hydrogens (tertiary/aromatic N) is 3. The topological polar surface area (TPSA) is 86.0 Å². The van der Waals surface area contributed by atoms with Crippen molar-refractivity contribution in [1.82, 2.24) is 15.0 Å². The largest absolute Gasteiger partial charge is 0.491 e. The Bertz CT molecular complexity index is 786. The molecule has 0 fully saturated rings. The Balaban J connectivity index is 1.51. The first kappa shape index (κ1) is 15.3. The van der Waals surface area contributed by atoms with E-state index in [0.717, 1.165) is 23.1 Å². The average molecular weight is 330 g/mol. The molecule has 3 N–H and O–H groups in total. The Morgan fingerprint density at radius 2 is 2.04 bits per heavy atom. The van der Waals surface area contributed by atoms with Crippen molar-refractivity contribution >= 4 is 34.3 Å². The van der Waals surface area contributed by atoms with Crippen LogP contribution in [-0.2, 0) is 0 Å². The summed E-state index contributed by atoms with van der Waals surface area (Å²) in [6.07, 6.45) is 2.56. The minimum Gasteiger partial charge on any atom is -0.491 e. The van der Waals surface area contributed by atoms with E-state index in [1.54, 1.807) is 12.3 Å². The molecule has 6 nitrogen and oxygen atoms in total. The zero-order valence-electron chi connectivity index (χ0n) is 12.4. The molecule has 0 atom stereocenters. The normalized spacial score (nSPS) is 10.7. The van der Waals surface area contributed by atoms with Gasteiger partial charge in [0.2, 0.25) is 5.95 Å². The van der Waals surface area contributed by atoms with E-state index < -0.39 is 0 Å². The molecule has 0 amide bonds. The first-order valence-electron chi connectivity index (χ1n) is 7.23. The quantitative estimate of drug-likeness (QED) is 0.533. The minimum atomic E-state index is 0.151. The summed E-state index contributed by atoms with van der Waals surface area (Å²) in [5.41, 5.74) is 6.41. The van der Waals surface area contributed by atoms with Crippen LogP contribution in [0.25, 0.3) is 10.9 Å². The van der Waals surface area contributed by atoms with Crippen molar-refractivity contribution in [1.29, 1.82) is 0 Å². The van der Waals surface area contributed by atoms with Gasteiger partial charge in [-0.15, -0.1) is 0 Å². The maximum atomic E-state index is 5.82. The fraction of sp³-hybridized carbons (Fsp3) is 0.188. The molecule has 7 heteroatoms. The van der Waals surface area contributed by atoms with E-state index in [4.69, 9.17) is 22.1 Å². The van der Waals surface area contributed by atoms with Crippen molar-refractivity contribution in [3.8, 4) is 5.75 Å². The zero-order chi connectivity index (χ0) is 16.1. The molecule has 1 aromatic carbocycles. The lowest BCUT2D eigenvalue weighted by molar-refractivity contribution is 0.318. The first-order valence-corrected chi connectivity index (χ1v) is 7.60. The molecule has 0 saturated carbocycles. The van der Waals surface area contributed by atoms with Gasteiger partial charge >= 0.3 is 0 Å². The van der Waals surface area contributed by atoms with Crippen LogP contribution < -0.4 is 15.8 Å². The van der Waals surface area contributed by atoms with E-state index in [1.807, 2.05) is 30.3 Å². The van der Waals surface area contributed by atoms with Crippen LogP contribution in [0.2, 0.25) is 5.15 Å². The highest BCUT2D eigenvalue weighted by Crippen LogP contribution is 2.22. The third-order valence-electron chi connectivity index (χ3n) is 3.19. The number of hydrogen-bond acceptors (Lipinski definition) is 6. The summed E-state index contributed by atoms with van der Waals surface area (Å²) in [4.78, 5) is 12.2. The molecule has 23 heavy (non-hydrogen) atoms. The van der Waals surface area contributed by atoms with Crippen molar-refractivity contribution in [2.24, 2.45) is 0 Å². The number of para-hydroxylation sites is 1. The number of aromatic nitrogens is 3. The second kappa shape index (κ2) is 7.11. The maximum Gasteiger partial charge on any atom is 0.223 e. The van der Waals surface area contributed by atoms with E-state index in [2.05, 4.69) is 20.3 Å². The highest BCUT2D eigenvalue weighted by Gasteiger charge is 2.03. The average Bonchev–Trinajstić information content (AvgIpc) is 2.54. The molecule has 0 aliphatic carbocycles. The van der Waals surface area contributed by atoms with Gasteiger partial charge in [0.05, 0.1) is 6.61 Å². The van der Waals surface area contributed by atoms with Gasteiger partial charge < -0.3 is 15.8 Å². The summed E-state index contributed by atoms with van der Waals surface area (Å²) < 4.78 is 5.82. The number of nitrogens with one attached hydrogen (secondary N) is 1. The van der Waals surface area contributed by atoms with Gasteiger partial charge in [-0.05, 0) is 18.6 Å². The van der Waals surface area contributed by atoms with Crippen molar-refractivity contribution in [3.63, 3.8) is 0 Å². The lowest BCUT2D eigenvalue weighted by atomic mass is 10.2. The molecule has 2 aromatic heterocycles. The summed E-state index contributed by atoms with van der Waals surface area (Å²) in [5.74, 6) is 1.55. The van der Waals surface area contributed by atoms with Crippen molar-refractivity contribution in [2.45, 2.75) is 6.42 Å². The number of pyridine rings is 1. The molecule has 118 valence electrons. The Morgan fingerprint density at radius 1 is 1.17 bits per heavy atom. The number of ether oxygens (including phenoxy) is 1. The standard InChI is InChI=1S/C16H16ClN5O/c17-13-10-14(22-16(18)21-13)19-8-3-9-23-12-6-1-4-11-5-2-7-20-15(11)12/h1-2,4-7,10H,3,8-9H2,(H3,18,19,21,22). The van der Waals surface area contributed by atoms with Gasteiger partial charge in [-0.25, -0.2) is 4.98 Å². The van der Waals surface area contributed by atoms with E-state index in [0.29, 0.717) is 24.1 Å². The van der Waals surface area contributed by atoms with Crippen LogP contribution in [0.1, 0.15) is 6.42 Å². The lowest BCUT2D eigenvalue weighted by Crippen LogP contribution is -2.09. The van der Waals surface area contributed by atoms with Crippen molar-refractivity contribution in [2.75, 3.05) is 24.2 Å². The van der Waals surface area contributed by atoms with Crippen LogP contribution in [0.3, 0.4) is 0 Å². The molecular formula is C16H16ClN5O. The van der Waals surface area contributed by atoms with E-state index in [-0.39, 0.29) is 5.95 Å². The number of rotatable bonds is 6. The van der Waals surface area contributed by atoms with Crippen molar-refractivity contribution < 1.29 is 4.74 Å². The Morgan fingerprint density at radius 3 is 2.91 bits per heavy atom. The number of hydrogen-bond donors (Lipinski definition) is 2. The summed E-state index contributed by atoms with van der Waals surface area (Å²) in [6, 6.07) is 11.5. The first-order chi connectivity index (χ1) is 11.2. The zero-order valence-corrected chi connectivity index (χ0v) is 13.1. The predicted molar refractivity (Wildman–Crippen MR) is 91.8 cm³/mol. The molecule has 0 aliphatic heterocycles. The highest BCUT2D eigenvalue weighted by molar-refractivity contribution is 6.29. The molecule has 0 spiro atoms. The Kier molecular flexibility index (Phi) is 4.73. The smallest absolute Gasteiger partial charge is 0.223 e. The van der Waals surface area contributed by atoms with Crippen molar-refractivity contribution in [3.05, 3.63) is 47.7 Å². The van der Waals surface area contributed by atoms with E-state index >= 15 is 0 Å². The van der Waals surface area contributed by atoms with Crippen LogP contribution in [0, 0.1) is 0 Å². The molecule has 3 aromatic rings. The van der Waals surface area contributed by atoms with Gasteiger partial charge in [-0.1, -0.05) is 29.8 Å². The number of fused-ring (bicyclic) bond motifs is 1. The summed E-state index contributed by atoms with van der Waals surface area (Å²) >= 11 is 5.82. The van der Waals surface area contributed by atoms with Gasteiger partial charge in [-0.2, -0.15) is 4.98 Å². The fourth-order valence-electron chi connectivity index (χ4n) is 2.19. The molecule has 3 rings (SSSR count). The Hall–Kier alpha value is -2.60. The summed E-state index contributed by atoms with van der Waals surface area (Å²) in [7, 11) is 0. The maximum absolute atomic E-state index is 5.82. The van der Waals surface area contributed by atoms with E-state index in [1.165, 1.54) is 0 Å². The fourth-order valence-corrected chi connectivity index (χ4v) is 2.38.